The van der Waals surface area contributed by atoms with Crippen molar-refractivity contribution < 1.29 is 9.53 Å². The molecule has 2 aromatic rings. The topological polar surface area (TPSA) is 62.7 Å². The van der Waals surface area contributed by atoms with Crippen molar-refractivity contribution in [3.05, 3.63) is 71.8 Å². The number of amidine groups is 1. The molecular weight excluding hydrogens is 278 g/mol. The van der Waals surface area contributed by atoms with E-state index in [9.17, 15) is 4.79 Å². The number of para-hydroxylation sites is 1. The van der Waals surface area contributed by atoms with Crippen molar-refractivity contribution in [1.82, 2.24) is 5.32 Å². The van der Waals surface area contributed by atoms with Crippen LogP contribution in [0.2, 0.25) is 0 Å². The molecule has 1 aliphatic rings. The second-order valence-corrected chi connectivity index (χ2v) is 4.72. The zero-order valence-corrected chi connectivity index (χ0v) is 11.8. The highest BCUT2D eigenvalue weighted by Crippen LogP contribution is 2.18. The van der Waals surface area contributed by atoms with Gasteiger partial charge in [-0.05, 0) is 29.3 Å². The van der Waals surface area contributed by atoms with E-state index in [2.05, 4.69) is 15.8 Å². The van der Waals surface area contributed by atoms with Crippen LogP contribution in [0.4, 0.5) is 10.5 Å². The van der Waals surface area contributed by atoms with Crippen LogP contribution in [0.25, 0.3) is 6.08 Å². The maximum atomic E-state index is 11.8. The number of amides is 1. The summed E-state index contributed by atoms with van der Waals surface area (Å²) in [6.45, 7) is 0.220. The largest absolute Gasteiger partial charge is 0.444 e. The zero-order valence-electron chi connectivity index (χ0n) is 11.8. The first-order chi connectivity index (χ1) is 10.8. The van der Waals surface area contributed by atoms with Gasteiger partial charge in [0.05, 0.1) is 5.69 Å². The summed E-state index contributed by atoms with van der Waals surface area (Å²) in [5.74, 6) is 0.397. The van der Waals surface area contributed by atoms with E-state index in [1.807, 2.05) is 60.7 Å². The van der Waals surface area contributed by atoms with Gasteiger partial charge in [-0.2, -0.15) is 5.10 Å². The number of carbonyl (C=O) groups excluding carboxylic acids is 1. The minimum atomic E-state index is -0.542. The molecule has 3 rings (SSSR count). The number of alkyl carbamates (subject to hydrolysis) is 1. The average molecular weight is 293 g/mol. The van der Waals surface area contributed by atoms with E-state index in [0.29, 0.717) is 5.84 Å². The summed E-state index contributed by atoms with van der Waals surface area (Å²) in [6, 6.07) is 17.2. The van der Waals surface area contributed by atoms with Crippen LogP contribution in [-0.2, 0) is 11.3 Å². The van der Waals surface area contributed by atoms with Crippen molar-refractivity contribution in [3.63, 3.8) is 0 Å². The molecule has 1 amide bonds. The first-order valence-electron chi connectivity index (χ1n) is 6.90. The lowest BCUT2D eigenvalue weighted by Crippen LogP contribution is -2.30. The maximum Gasteiger partial charge on any atom is 0.413 e. The number of hydrogen-bond donors (Lipinski definition) is 2. The van der Waals surface area contributed by atoms with Gasteiger partial charge in [0.15, 0.2) is 5.84 Å². The molecule has 0 aromatic heterocycles. The summed E-state index contributed by atoms with van der Waals surface area (Å²) in [4.78, 5) is 11.8. The Morgan fingerprint density at radius 3 is 2.68 bits per heavy atom. The first-order valence-corrected chi connectivity index (χ1v) is 6.90. The first kappa shape index (κ1) is 13.9. The molecule has 0 spiro atoms. The summed E-state index contributed by atoms with van der Waals surface area (Å²) in [5, 5.41) is 6.73. The van der Waals surface area contributed by atoms with Crippen LogP contribution in [-0.4, -0.2) is 11.9 Å². The molecule has 0 saturated heterocycles. The molecule has 22 heavy (non-hydrogen) atoms. The van der Waals surface area contributed by atoms with E-state index in [1.165, 1.54) is 0 Å². The van der Waals surface area contributed by atoms with Crippen LogP contribution < -0.4 is 10.7 Å². The van der Waals surface area contributed by atoms with Crippen LogP contribution in [0, 0.1) is 0 Å². The molecule has 0 aliphatic carbocycles. The van der Waals surface area contributed by atoms with Crippen molar-refractivity contribution >= 4 is 23.7 Å². The highest BCUT2D eigenvalue weighted by atomic mass is 16.5. The van der Waals surface area contributed by atoms with Crippen LogP contribution in [0.1, 0.15) is 11.1 Å². The number of hydrogen-bond acceptors (Lipinski definition) is 4. The van der Waals surface area contributed by atoms with E-state index >= 15 is 0 Å². The van der Waals surface area contributed by atoms with E-state index in [0.717, 1.165) is 16.8 Å². The van der Waals surface area contributed by atoms with Crippen LogP contribution in [0.5, 0.6) is 0 Å². The molecule has 0 fully saturated rings. The van der Waals surface area contributed by atoms with Gasteiger partial charge < -0.3 is 4.74 Å². The number of fused-ring (bicyclic) bond motifs is 1. The Bertz CT molecular complexity index is 724. The lowest BCUT2D eigenvalue weighted by atomic mass is 10.2. The van der Waals surface area contributed by atoms with Crippen molar-refractivity contribution in [2.45, 2.75) is 6.61 Å². The second-order valence-electron chi connectivity index (χ2n) is 4.72. The highest BCUT2D eigenvalue weighted by molar-refractivity contribution is 6.05. The van der Waals surface area contributed by atoms with Gasteiger partial charge in [0.1, 0.15) is 6.61 Å². The predicted octanol–water partition coefficient (Wildman–Crippen LogP) is 3.37. The molecular formula is C17H15N3O2. The molecule has 2 N–H and O–H groups in total. The molecule has 110 valence electrons. The standard InChI is InChI=1S/C17H15N3O2/c21-17(22-12-13-6-2-1-3-7-13)18-16-11-10-14-8-4-5-9-15(14)19-20-16/h1-11,19H,12H2,(H,18,20,21). The minimum Gasteiger partial charge on any atom is -0.444 e. The summed E-state index contributed by atoms with van der Waals surface area (Å²) in [6.07, 6.45) is 3.06. The summed E-state index contributed by atoms with van der Waals surface area (Å²) < 4.78 is 5.16. The smallest absolute Gasteiger partial charge is 0.413 e. The zero-order chi connectivity index (χ0) is 15.2. The van der Waals surface area contributed by atoms with Gasteiger partial charge in [0, 0.05) is 0 Å². The molecule has 1 aliphatic heterocycles. The van der Waals surface area contributed by atoms with Gasteiger partial charge in [-0.3, -0.25) is 10.7 Å². The Balaban J connectivity index is 1.57. The van der Waals surface area contributed by atoms with Crippen molar-refractivity contribution in [2.75, 3.05) is 5.43 Å². The number of carbonyl (C=O) groups is 1. The van der Waals surface area contributed by atoms with E-state index in [1.54, 1.807) is 6.08 Å². The number of nitrogens with one attached hydrogen (secondary N) is 2. The Morgan fingerprint density at radius 1 is 1.05 bits per heavy atom. The lowest BCUT2D eigenvalue weighted by molar-refractivity contribution is 0.145. The fourth-order valence-electron chi connectivity index (χ4n) is 2.00. The highest BCUT2D eigenvalue weighted by Gasteiger charge is 2.08. The fourth-order valence-corrected chi connectivity index (χ4v) is 2.00. The lowest BCUT2D eigenvalue weighted by Gasteiger charge is -2.06. The van der Waals surface area contributed by atoms with E-state index < -0.39 is 6.09 Å². The Kier molecular flexibility index (Phi) is 4.15. The van der Waals surface area contributed by atoms with Gasteiger partial charge in [-0.15, -0.1) is 0 Å². The molecule has 0 bridgehead atoms. The third kappa shape index (κ3) is 3.52. The van der Waals surface area contributed by atoms with Gasteiger partial charge in [-0.1, -0.05) is 48.5 Å². The van der Waals surface area contributed by atoms with E-state index in [4.69, 9.17) is 4.74 Å². The molecule has 5 heteroatoms. The monoisotopic (exact) mass is 293 g/mol. The van der Waals surface area contributed by atoms with Gasteiger partial charge in [0.2, 0.25) is 0 Å². The number of anilines is 1. The quantitative estimate of drug-likeness (QED) is 0.892. The Labute approximate surface area is 128 Å². The number of rotatable bonds is 2. The average Bonchev–Trinajstić information content (AvgIpc) is 2.77. The third-order valence-corrected chi connectivity index (χ3v) is 3.12. The normalized spacial score (nSPS) is 12.5. The molecule has 0 atom stereocenters. The Morgan fingerprint density at radius 2 is 1.82 bits per heavy atom. The third-order valence-electron chi connectivity index (χ3n) is 3.12. The summed E-state index contributed by atoms with van der Waals surface area (Å²) in [5.41, 5.74) is 5.72. The van der Waals surface area contributed by atoms with Gasteiger partial charge in [-0.25, -0.2) is 4.79 Å². The molecule has 1 heterocycles. The van der Waals surface area contributed by atoms with Crippen LogP contribution in [0.15, 0.2) is 65.8 Å². The molecule has 5 nitrogen and oxygen atoms in total. The number of hydrazone groups is 1. The van der Waals surface area contributed by atoms with Crippen molar-refractivity contribution in [3.8, 4) is 0 Å². The summed E-state index contributed by atoms with van der Waals surface area (Å²) >= 11 is 0. The van der Waals surface area contributed by atoms with Crippen molar-refractivity contribution in [2.24, 2.45) is 5.10 Å². The second kappa shape index (κ2) is 6.58. The summed E-state index contributed by atoms with van der Waals surface area (Å²) in [7, 11) is 0. The Hall–Kier alpha value is -3.08. The molecule has 0 radical (unpaired) electrons. The van der Waals surface area contributed by atoms with Crippen molar-refractivity contribution in [1.29, 1.82) is 0 Å². The molecule has 0 saturated carbocycles. The number of ether oxygens (including phenoxy) is 1. The van der Waals surface area contributed by atoms with Crippen LogP contribution in [0.3, 0.4) is 0 Å². The number of benzene rings is 2. The SMILES string of the molecule is O=C(NC1=NNc2ccccc2C=C1)OCc1ccccc1. The predicted molar refractivity (Wildman–Crippen MR) is 86.3 cm³/mol. The maximum absolute atomic E-state index is 11.8. The van der Waals surface area contributed by atoms with Crippen LogP contribution >= 0.6 is 0 Å². The fraction of sp³-hybridized carbons (Fsp3) is 0.0588. The minimum absolute atomic E-state index is 0.220. The molecule has 0 unspecified atom stereocenters. The van der Waals surface area contributed by atoms with Gasteiger partial charge >= 0.3 is 6.09 Å². The molecule has 2 aromatic carbocycles. The van der Waals surface area contributed by atoms with E-state index in [-0.39, 0.29) is 6.61 Å². The van der Waals surface area contributed by atoms with Gasteiger partial charge in [0.25, 0.3) is 0 Å². The number of nitrogens with zero attached hydrogens (tertiary/aromatic N) is 1.